The van der Waals surface area contributed by atoms with Gasteiger partial charge in [0.2, 0.25) is 5.91 Å². The van der Waals surface area contributed by atoms with E-state index in [-0.39, 0.29) is 36.0 Å². The van der Waals surface area contributed by atoms with Crippen molar-refractivity contribution >= 4 is 39.2 Å². The van der Waals surface area contributed by atoms with Crippen LogP contribution in [-0.4, -0.2) is 43.4 Å². The largest absolute Gasteiger partial charge is 0.406 e. The van der Waals surface area contributed by atoms with Crippen LogP contribution in [0.25, 0.3) is 0 Å². The average molecular weight is 498 g/mol. The molecule has 32 heavy (non-hydrogen) atoms. The molecule has 2 N–H and O–H groups in total. The third-order valence-corrected chi connectivity index (χ3v) is 6.99. The summed E-state index contributed by atoms with van der Waals surface area (Å²) >= 11 is 6.18. The molecule has 12 heteroatoms. The standard InChI is InChI=1S/C20H27ClF3N3O4S/c1-11(2)14-8-13(21)9-15(12(3)4)18(14)25-19(29)26-32(30,31)17-7-5-6-16(28)27(17)10-20(22,23)24/h8-9,11-12,17H,5-7,10H2,1-4H3,(H2,25,26,29). The van der Waals surface area contributed by atoms with Crippen LogP contribution in [0.4, 0.5) is 23.7 Å². The summed E-state index contributed by atoms with van der Waals surface area (Å²) < 4.78 is 66.0. The third-order valence-electron chi connectivity index (χ3n) is 5.10. The number of sulfonamides is 1. The van der Waals surface area contributed by atoms with E-state index in [2.05, 4.69) is 5.32 Å². The van der Waals surface area contributed by atoms with Crippen molar-refractivity contribution in [3.05, 3.63) is 28.3 Å². The first kappa shape index (κ1) is 26.2. The van der Waals surface area contributed by atoms with E-state index in [1.807, 2.05) is 27.7 Å². The van der Waals surface area contributed by atoms with Gasteiger partial charge in [0.1, 0.15) is 6.54 Å². The lowest BCUT2D eigenvalue weighted by Crippen LogP contribution is -2.55. The molecule has 0 aromatic heterocycles. The molecule has 1 atom stereocenters. The van der Waals surface area contributed by atoms with Gasteiger partial charge in [0.05, 0.1) is 0 Å². The number of hydrogen-bond donors (Lipinski definition) is 2. The van der Waals surface area contributed by atoms with Gasteiger partial charge in [0, 0.05) is 17.1 Å². The molecule has 0 bridgehead atoms. The lowest BCUT2D eigenvalue weighted by Gasteiger charge is -2.35. The maximum Gasteiger partial charge on any atom is 0.406 e. The van der Waals surface area contributed by atoms with Crippen LogP contribution in [0.2, 0.25) is 5.02 Å². The Morgan fingerprint density at radius 3 is 2.19 bits per heavy atom. The maximum absolute atomic E-state index is 12.9. The Balaban J connectivity index is 2.31. The topological polar surface area (TPSA) is 95.6 Å². The molecule has 1 unspecified atom stereocenters. The van der Waals surface area contributed by atoms with Crippen LogP contribution in [0.5, 0.6) is 0 Å². The van der Waals surface area contributed by atoms with Gasteiger partial charge < -0.3 is 10.2 Å². The van der Waals surface area contributed by atoms with Crippen LogP contribution in [0.15, 0.2) is 12.1 Å². The van der Waals surface area contributed by atoms with Gasteiger partial charge >= 0.3 is 12.2 Å². The molecule has 0 saturated carbocycles. The summed E-state index contributed by atoms with van der Waals surface area (Å²) in [5, 5.41) is 1.19. The zero-order chi connectivity index (χ0) is 24.4. The number of carbonyl (C=O) groups excluding carboxylic acids is 2. The zero-order valence-electron chi connectivity index (χ0n) is 18.2. The highest BCUT2D eigenvalue weighted by Gasteiger charge is 2.44. The second kappa shape index (κ2) is 9.86. The van der Waals surface area contributed by atoms with Crippen LogP contribution in [0.1, 0.15) is 69.9 Å². The average Bonchev–Trinajstić information content (AvgIpc) is 2.62. The van der Waals surface area contributed by atoms with Gasteiger partial charge in [-0.3, -0.25) is 4.79 Å². The molecule has 0 spiro atoms. The number of hydrogen-bond acceptors (Lipinski definition) is 4. The van der Waals surface area contributed by atoms with Crippen LogP contribution in [0.3, 0.4) is 0 Å². The Morgan fingerprint density at radius 2 is 1.72 bits per heavy atom. The molecular weight excluding hydrogens is 471 g/mol. The van der Waals surface area contributed by atoms with Crippen molar-refractivity contribution in [2.45, 2.75) is 70.3 Å². The Kier molecular flexibility index (Phi) is 8.09. The second-order valence-corrected chi connectivity index (χ2v) is 10.6. The summed E-state index contributed by atoms with van der Waals surface area (Å²) in [5.41, 5.74) is 1.75. The molecule has 1 aromatic rings. The minimum atomic E-state index is -4.77. The maximum atomic E-state index is 12.9. The molecule has 0 aliphatic carbocycles. The summed E-state index contributed by atoms with van der Waals surface area (Å²) in [6.45, 7) is 5.79. The van der Waals surface area contributed by atoms with Crippen LogP contribution < -0.4 is 10.0 Å². The number of benzene rings is 1. The molecule has 3 amide bonds. The molecule has 1 aliphatic rings. The highest BCUT2D eigenvalue weighted by atomic mass is 35.5. The lowest BCUT2D eigenvalue weighted by atomic mass is 9.92. The number of likely N-dealkylation sites (tertiary alicyclic amines) is 1. The molecule has 0 radical (unpaired) electrons. The zero-order valence-corrected chi connectivity index (χ0v) is 19.8. The van der Waals surface area contributed by atoms with Gasteiger partial charge in [0.15, 0.2) is 5.37 Å². The number of amides is 3. The minimum absolute atomic E-state index is 0.0589. The predicted octanol–water partition coefficient (Wildman–Crippen LogP) is 4.94. The molecule has 1 aliphatic heterocycles. The molecule has 1 heterocycles. The quantitative estimate of drug-likeness (QED) is 0.582. The Bertz CT molecular complexity index is 952. The van der Waals surface area contributed by atoms with Gasteiger partial charge in [-0.25, -0.2) is 17.9 Å². The van der Waals surface area contributed by atoms with E-state index in [4.69, 9.17) is 11.6 Å². The molecule has 7 nitrogen and oxygen atoms in total. The molecule has 1 aromatic carbocycles. The molecule has 1 fully saturated rings. The summed E-state index contributed by atoms with van der Waals surface area (Å²) in [5.74, 6) is -1.04. The number of rotatable bonds is 6. The summed E-state index contributed by atoms with van der Waals surface area (Å²) in [6.07, 6.45) is -5.06. The lowest BCUT2D eigenvalue weighted by molar-refractivity contribution is -0.165. The van der Waals surface area contributed by atoms with E-state index in [1.165, 1.54) is 0 Å². The summed E-state index contributed by atoms with van der Waals surface area (Å²) in [4.78, 5) is 24.9. The van der Waals surface area contributed by atoms with E-state index in [9.17, 15) is 31.2 Å². The Labute approximate surface area is 190 Å². The van der Waals surface area contributed by atoms with E-state index in [1.54, 1.807) is 16.9 Å². The van der Waals surface area contributed by atoms with Crippen molar-refractivity contribution in [1.82, 2.24) is 9.62 Å². The number of urea groups is 1. The highest BCUT2D eigenvalue weighted by molar-refractivity contribution is 7.90. The highest BCUT2D eigenvalue weighted by Crippen LogP contribution is 2.35. The normalized spacial score (nSPS) is 17.8. The fourth-order valence-electron chi connectivity index (χ4n) is 3.63. The Morgan fingerprint density at radius 1 is 1.19 bits per heavy atom. The SMILES string of the molecule is CC(C)c1cc(Cl)cc(C(C)C)c1NC(=O)NS(=O)(=O)C1CCCC(=O)N1CC(F)(F)F. The number of nitrogens with zero attached hydrogens (tertiary/aromatic N) is 1. The van der Waals surface area contributed by atoms with Crippen LogP contribution >= 0.6 is 11.6 Å². The van der Waals surface area contributed by atoms with Gasteiger partial charge in [-0.1, -0.05) is 39.3 Å². The fourth-order valence-corrected chi connectivity index (χ4v) is 5.32. The first-order valence-corrected chi connectivity index (χ1v) is 12.1. The Hall–Kier alpha value is -2.01. The molecule has 2 rings (SSSR count). The van der Waals surface area contributed by atoms with Crippen molar-refractivity contribution in [2.24, 2.45) is 0 Å². The number of alkyl halides is 3. The monoisotopic (exact) mass is 497 g/mol. The number of anilines is 1. The smallest absolute Gasteiger partial charge is 0.315 e. The number of halogens is 4. The molecular formula is C20H27ClF3N3O4S. The summed E-state index contributed by atoms with van der Waals surface area (Å²) in [7, 11) is -4.61. The molecule has 1 saturated heterocycles. The van der Waals surface area contributed by atoms with Gasteiger partial charge in [0.25, 0.3) is 10.0 Å². The fraction of sp³-hybridized carbons (Fsp3) is 0.600. The second-order valence-electron chi connectivity index (χ2n) is 8.35. The minimum Gasteiger partial charge on any atom is -0.315 e. The van der Waals surface area contributed by atoms with Crippen molar-refractivity contribution in [3.63, 3.8) is 0 Å². The van der Waals surface area contributed by atoms with E-state index in [0.29, 0.717) is 21.8 Å². The number of carbonyl (C=O) groups is 2. The van der Waals surface area contributed by atoms with Crippen LogP contribution in [0, 0.1) is 0 Å². The first-order chi connectivity index (χ1) is 14.6. The van der Waals surface area contributed by atoms with Crippen molar-refractivity contribution < 1.29 is 31.2 Å². The predicted molar refractivity (Wildman–Crippen MR) is 116 cm³/mol. The first-order valence-electron chi connectivity index (χ1n) is 10.1. The summed E-state index contributed by atoms with van der Waals surface area (Å²) in [6, 6.07) is 2.20. The van der Waals surface area contributed by atoms with Crippen LogP contribution in [-0.2, 0) is 14.8 Å². The van der Waals surface area contributed by atoms with E-state index in [0.717, 1.165) is 0 Å². The van der Waals surface area contributed by atoms with Gasteiger partial charge in [-0.05, 0) is 47.9 Å². The van der Waals surface area contributed by atoms with Crippen molar-refractivity contribution in [2.75, 3.05) is 11.9 Å². The van der Waals surface area contributed by atoms with Gasteiger partial charge in [-0.2, -0.15) is 13.2 Å². The van der Waals surface area contributed by atoms with Crippen molar-refractivity contribution in [1.29, 1.82) is 0 Å². The number of piperidine rings is 1. The number of nitrogens with one attached hydrogen (secondary N) is 2. The van der Waals surface area contributed by atoms with E-state index >= 15 is 0 Å². The third kappa shape index (κ3) is 6.50. The molecule has 180 valence electrons. The van der Waals surface area contributed by atoms with E-state index < -0.39 is 40.1 Å². The van der Waals surface area contributed by atoms with Crippen molar-refractivity contribution in [3.8, 4) is 0 Å². The van der Waals surface area contributed by atoms with Gasteiger partial charge in [-0.15, -0.1) is 0 Å².